The summed E-state index contributed by atoms with van der Waals surface area (Å²) in [7, 11) is 0. The highest BCUT2D eigenvalue weighted by atomic mass is 19.1. The molecule has 5 atom stereocenters. The van der Waals surface area contributed by atoms with Crippen molar-refractivity contribution in [2.24, 2.45) is 23.2 Å². The minimum atomic E-state index is -0.266. The summed E-state index contributed by atoms with van der Waals surface area (Å²) >= 11 is 0. The monoisotopic (exact) mass is 487 g/mol. The van der Waals surface area contributed by atoms with Crippen molar-refractivity contribution in [2.75, 3.05) is 13.1 Å². The van der Waals surface area contributed by atoms with Gasteiger partial charge in [0.25, 0.3) is 0 Å². The van der Waals surface area contributed by atoms with Crippen molar-refractivity contribution in [2.45, 2.75) is 71.8 Å². The molecule has 0 bridgehead atoms. The van der Waals surface area contributed by atoms with Gasteiger partial charge in [-0.05, 0) is 99.2 Å². The molecule has 0 spiro atoms. The number of fused-ring (bicyclic) bond motifs is 3. The van der Waals surface area contributed by atoms with E-state index in [1.165, 1.54) is 29.7 Å². The number of β-amino-alcohol motifs (C(OH)–C–C–N with tert-alkyl or cyclic N) is 1. The Hall–Kier alpha value is -2.57. The van der Waals surface area contributed by atoms with E-state index in [0.29, 0.717) is 29.9 Å². The molecule has 2 fully saturated rings. The molecule has 1 heterocycles. The van der Waals surface area contributed by atoms with Crippen molar-refractivity contribution >= 4 is 0 Å². The maximum Gasteiger partial charge on any atom is 0.120 e. The molecule has 0 aromatic rings. The normalized spacial score (nSPS) is 33.6. The number of allylic oxidation sites excluding steroid dienone is 11. The van der Waals surface area contributed by atoms with Crippen LogP contribution in [0.15, 0.2) is 82.9 Å². The predicted molar refractivity (Wildman–Crippen MR) is 148 cm³/mol. The van der Waals surface area contributed by atoms with E-state index in [2.05, 4.69) is 54.7 Å². The molecule has 0 aromatic heterocycles. The molecule has 192 valence electrons. The molecule has 0 radical (unpaired) electrons. The van der Waals surface area contributed by atoms with Crippen LogP contribution in [-0.2, 0) is 0 Å². The number of halogens is 1. The van der Waals surface area contributed by atoms with E-state index in [1.807, 2.05) is 6.92 Å². The Morgan fingerprint density at radius 2 is 2.11 bits per heavy atom. The minimum Gasteiger partial charge on any atom is -0.391 e. The van der Waals surface area contributed by atoms with Crippen LogP contribution in [-0.4, -0.2) is 29.2 Å². The average Bonchev–Trinajstić information content (AvgIpc) is 3.23. The van der Waals surface area contributed by atoms with Crippen LogP contribution in [0.4, 0.5) is 4.39 Å². The molecule has 1 N–H and O–H groups in total. The molecule has 2 nitrogen and oxygen atoms in total. The number of hydrogen-bond donors (Lipinski definition) is 1. The lowest BCUT2D eigenvalue weighted by Gasteiger charge is -2.49. The minimum absolute atomic E-state index is 0.0219. The molecule has 0 amide bonds. The van der Waals surface area contributed by atoms with Crippen molar-refractivity contribution < 1.29 is 9.50 Å². The third-order valence-electron chi connectivity index (χ3n) is 9.07. The standard InChI is InChI=1S/C33H42FNO/c1-6-10-26(23(4)35-18-9-11-29(36)22-35)19-24-12-13-30-27(20-24)16-17-33(5)31(14-15-32(30)33)25(7-2)21-28(34)8-3/h2,6,8,10,14,19-21,27,29-30,32,36H,4,9,11-13,15-18,22H2,1,3,5H3/b10-6-,25-21+,26-19+,28-8+. The maximum atomic E-state index is 14.1. The first-order valence-electron chi connectivity index (χ1n) is 13.7. The van der Waals surface area contributed by atoms with E-state index in [-0.39, 0.29) is 17.3 Å². The SMILES string of the molecule is C#C/C(=C\C(F)=C/C)C1=CCC2C3CCC(/C=C(\C=C/C)C(=C)N4CCCC(O)C4)=CC3CCC12C. The summed E-state index contributed by atoms with van der Waals surface area (Å²) in [5.74, 6) is 4.27. The average molecular weight is 488 g/mol. The first kappa shape index (κ1) is 26.5. The Morgan fingerprint density at radius 3 is 2.81 bits per heavy atom. The second kappa shape index (κ2) is 11.2. The molecule has 4 rings (SSSR count). The van der Waals surface area contributed by atoms with Crippen LogP contribution in [0.3, 0.4) is 0 Å². The van der Waals surface area contributed by atoms with Crippen LogP contribution in [0.2, 0.25) is 0 Å². The van der Waals surface area contributed by atoms with Crippen molar-refractivity contribution in [3.63, 3.8) is 0 Å². The largest absolute Gasteiger partial charge is 0.391 e. The van der Waals surface area contributed by atoms with Gasteiger partial charge in [0.05, 0.1) is 6.10 Å². The third-order valence-corrected chi connectivity index (χ3v) is 9.07. The van der Waals surface area contributed by atoms with Crippen LogP contribution in [0.1, 0.15) is 65.7 Å². The number of terminal acetylenes is 1. The molecule has 4 aliphatic rings. The van der Waals surface area contributed by atoms with Gasteiger partial charge in [-0.1, -0.05) is 61.5 Å². The molecule has 3 heteroatoms. The Kier molecular flexibility index (Phi) is 8.26. The van der Waals surface area contributed by atoms with Crippen LogP contribution in [0, 0.1) is 35.5 Å². The lowest BCUT2D eigenvalue weighted by molar-refractivity contribution is 0.0658. The zero-order valence-electron chi connectivity index (χ0n) is 22.3. The molecular formula is C33H42FNO. The van der Waals surface area contributed by atoms with E-state index in [0.717, 1.165) is 56.3 Å². The van der Waals surface area contributed by atoms with E-state index in [9.17, 15) is 9.50 Å². The highest BCUT2D eigenvalue weighted by Gasteiger charge is 2.51. The topological polar surface area (TPSA) is 23.5 Å². The summed E-state index contributed by atoms with van der Waals surface area (Å²) in [6.45, 7) is 12.1. The predicted octanol–water partition coefficient (Wildman–Crippen LogP) is 7.59. The molecule has 3 aliphatic carbocycles. The van der Waals surface area contributed by atoms with Gasteiger partial charge in [0.15, 0.2) is 0 Å². The molecule has 1 saturated carbocycles. The number of aliphatic hydroxyl groups is 1. The summed E-state index contributed by atoms with van der Waals surface area (Å²) in [5, 5.41) is 10.1. The second-order valence-electron chi connectivity index (χ2n) is 11.2. The molecular weight excluding hydrogens is 445 g/mol. The number of hydrogen-bond acceptors (Lipinski definition) is 2. The van der Waals surface area contributed by atoms with E-state index < -0.39 is 0 Å². The van der Waals surface area contributed by atoms with E-state index in [4.69, 9.17) is 6.42 Å². The van der Waals surface area contributed by atoms with Crippen LogP contribution < -0.4 is 0 Å². The van der Waals surface area contributed by atoms with Crippen molar-refractivity contribution in [3.05, 3.63) is 82.9 Å². The fraction of sp³-hybridized carbons (Fsp3) is 0.515. The summed E-state index contributed by atoms with van der Waals surface area (Å²) in [4.78, 5) is 2.23. The van der Waals surface area contributed by atoms with Gasteiger partial charge >= 0.3 is 0 Å². The Labute approximate surface area is 217 Å². The summed E-state index contributed by atoms with van der Waals surface area (Å²) in [6.07, 6.45) is 27.3. The smallest absolute Gasteiger partial charge is 0.120 e. The number of likely N-dealkylation sites (tertiary alicyclic amines) is 1. The van der Waals surface area contributed by atoms with Crippen molar-refractivity contribution in [1.82, 2.24) is 4.90 Å². The fourth-order valence-electron chi connectivity index (χ4n) is 7.14. The van der Waals surface area contributed by atoms with Crippen LogP contribution in [0.5, 0.6) is 0 Å². The zero-order chi connectivity index (χ0) is 25.9. The zero-order valence-corrected chi connectivity index (χ0v) is 22.3. The molecule has 36 heavy (non-hydrogen) atoms. The molecule has 0 aromatic carbocycles. The van der Waals surface area contributed by atoms with Crippen LogP contribution in [0.25, 0.3) is 0 Å². The lowest BCUT2D eigenvalue weighted by atomic mass is 9.55. The van der Waals surface area contributed by atoms with Gasteiger partial charge in [0, 0.05) is 24.4 Å². The summed E-state index contributed by atoms with van der Waals surface area (Å²) in [6, 6.07) is 0. The van der Waals surface area contributed by atoms with Crippen LogP contribution >= 0.6 is 0 Å². The summed E-state index contributed by atoms with van der Waals surface area (Å²) in [5.41, 5.74) is 5.47. The fourth-order valence-corrected chi connectivity index (χ4v) is 7.14. The van der Waals surface area contributed by atoms with Gasteiger partial charge in [-0.25, -0.2) is 4.39 Å². The van der Waals surface area contributed by atoms with E-state index >= 15 is 0 Å². The number of piperidine rings is 1. The number of aliphatic hydroxyl groups excluding tert-OH is 1. The van der Waals surface area contributed by atoms with Gasteiger partial charge in [-0.15, -0.1) is 6.42 Å². The first-order valence-corrected chi connectivity index (χ1v) is 13.7. The van der Waals surface area contributed by atoms with Crippen molar-refractivity contribution in [3.8, 4) is 12.3 Å². The lowest BCUT2D eigenvalue weighted by Crippen LogP contribution is -2.41. The highest BCUT2D eigenvalue weighted by Crippen LogP contribution is 2.60. The Balaban J connectivity index is 1.53. The highest BCUT2D eigenvalue weighted by molar-refractivity contribution is 5.53. The van der Waals surface area contributed by atoms with Gasteiger partial charge in [-0.2, -0.15) is 0 Å². The Morgan fingerprint density at radius 1 is 1.31 bits per heavy atom. The van der Waals surface area contributed by atoms with Gasteiger partial charge in [0.2, 0.25) is 0 Å². The summed E-state index contributed by atoms with van der Waals surface area (Å²) < 4.78 is 14.1. The second-order valence-corrected chi connectivity index (χ2v) is 11.2. The number of nitrogens with zero attached hydrogens (tertiary/aromatic N) is 1. The van der Waals surface area contributed by atoms with Crippen molar-refractivity contribution in [1.29, 1.82) is 0 Å². The van der Waals surface area contributed by atoms with E-state index in [1.54, 1.807) is 6.92 Å². The van der Waals surface area contributed by atoms with Gasteiger partial charge in [-0.3, -0.25) is 0 Å². The Bertz CT molecular complexity index is 1090. The molecule has 1 saturated heterocycles. The maximum absolute atomic E-state index is 14.1. The van der Waals surface area contributed by atoms with Gasteiger partial charge < -0.3 is 10.0 Å². The van der Waals surface area contributed by atoms with Gasteiger partial charge in [0.1, 0.15) is 5.83 Å². The quantitative estimate of drug-likeness (QED) is 0.308. The first-order chi connectivity index (χ1) is 17.3. The third kappa shape index (κ3) is 5.25. The molecule has 5 unspecified atom stereocenters. The molecule has 1 aliphatic heterocycles. The number of rotatable bonds is 6.